The summed E-state index contributed by atoms with van der Waals surface area (Å²) in [7, 11) is 5.90. The Labute approximate surface area is 256 Å². The highest BCUT2D eigenvalue weighted by molar-refractivity contribution is 5.82. The van der Waals surface area contributed by atoms with Crippen molar-refractivity contribution in [3.05, 3.63) is 41.6 Å². The second kappa shape index (κ2) is 13.5. The Kier molecular flexibility index (Phi) is 9.54. The van der Waals surface area contributed by atoms with E-state index in [4.69, 9.17) is 28.8 Å². The van der Waals surface area contributed by atoms with E-state index in [2.05, 4.69) is 53.7 Å². The molecule has 0 bridgehead atoms. The monoisotopic (exact) mass is 593 g/mol. The molecule has 0 radical (unpaired) electrons. The second-order valence-corrected chi connectivity index (χ2v) is 12.5. The fourth-order valence-corrected chi connectivity index (χ4v) is 7.11. The number of methoxy groups -OCH3 is 2. The van der Waals surface area contributed by atoms with Crippen molar-refractivity contribution in [3.8, 4) is 22.8 Å². The van der Waals surface area contributed by atoms with Gasteiger partial charge in [0.05, 0.1) is 84.8 Å². The average Bonchev–Trinajstić information content (AvgIpc) is 3.78. The topological polar surface area (TPSA) is 66.7 Å². The fourth-order valence-electron chi connectivity index (χ4n) is 7.11. The number of aromatic nitrogens is 2. The van der Waals surface area contributed by atoms with Crippen LogP contribution in [0.2, 0.25) is 0 Å². The Morgan fingerprint density at radius 2 is 1.65 bits per heavy atom. The first kappa shape index (κ1) is 30.3. The van der Waals surface area contributed by atoms with Gasteiger partial charge in [-0.3, -0.25) is 9.38 Å². The standard InChI is InChI=1S/C34H49N4O5/c1-5-28-34(38(2,23-25-9-10-25)27-11-16-41-17-12-27)30-8-6-7-29(37(30)35-28)33-31(39-3)21-26(22-32(33)40-4)24-43-20-15-36-13-18-42-19-14-36/h6-8,21-22,25,27H,5,9-20,23-24H2,1-4H3/q+1. The predicted molar refractivity (Wildman–Crippen MR) is 169 cm³/mol. The maximum absolute atomic E-state index is 6.08. The van der Waals surface area contributed by atoms with Crippen molar-refractivity contribution in [2.75, 3.05) is 80.5 Å². The predicted octanol–water partition coefficient (Wildman–Crippen LogP) is 4.96. The minimum Gasteiger partial charge on any atom is -0.496 e. The van der Waals surface area contributed by atoms with Gasteiger partial charge in [-0.25, -0.2) is 4.52 Å². The third kappa shape index (κ3) is 6.42. The van der Waals surface area contributed by atoms with Gasteiger partial charge in [-0.05, 0) is 49.1 Å². The van der Waals surface area contributed by atoms with Crippen LogP contribution in [0.15, 0.2) is 30.3 Å². The van der Waals surface area contributed by atoms with Crippen molar-refractivity contribution >= 4 is 11.2 Å². The third-order valence-electron chi connectivity index (χ3n) is 9.62. The van der Waals surface area contributed by atoms with Gasteiger partial charge in [0.1, 0.15) is 22.7 Å². The number of hydrogen-bond donors (Lipinski definition) is 0. The normalized spacial score (nSPS) is 19.9. The molecule has 4 heterocycles. The van der Waals surface area contributed by atoms with Crippen LogP contribution in [-0.2, 0) is 27.2 Å². The number of morpholine rings is 1. The summed E-state index contributed by atoms with van der Waals surface area (Å²) in [5.74, 6) is 2.31. The van der Waals surface area contributed by atoms with Crippen molar-refractivity contribution in [2.45, 2.75) is 51.7 Å². The highest BCUT2D eigenvalue weighted by Crippen LogP contribution is 2.45. The number of rotatable bonds is 13. The van der Waals surface area contributed by atoms with Gasteiger partial charge in [-0.1, -0.05) is 13.0 Å². The van der Waals surface area contributed by atoms with Gasteiger partial charge in [0.15, 0.2) is 5.69 Å². The average molecular weight is 594 g/mol. The van der Waals surface area contributed by atoms with Crippen LogP contribution >= 0.6 is 0 Å². The molecule has 0 spiro atoms. The first-order valence-corrected chi connectivity index (χ1v) is 16.1. The quantitative estimate of drug-likeness (QED) is 0.205. The molecule has 9 heteroatoms. The minimum absolute atomic E-state index is 0.496. The molecule has 234 valence electrons. The lowest BCUT2D eigenvalue weighted by molar-refractivity contribution is 0.0180. The largest absolute Gasteiger partial charge is 0.496 e. The zero-order valence-electron chi connectivity index (χ0n) is 26.5. The van der Waals surface area contributed by atoms with E-state index in [1.807, 2.05) is 0 Å². The number of hydrogen-bond acceptors (Lipinski definition) is 7. The van der Waals surface area contributed by atoms with Crippen molar-refractivity contribution in [2.24, 2.45) is 5.92 Å². The zero-order chi connectivity index (χ0) is 29.8. The maximum atomic E-state index is 6.08. The third-order valence-corrected chi connectivity index (χ3v) is 9.62. The smallest absolute Gasteiger partial charge is 0.182 e. The number of nitrogens with zero attached hydrogens (tertiary/aromatic N) is 4. The molecule has 1 saturated carbocycles. The summed E-state index contributed by atoms with van der Waals surface area (Å²) in [6.45, 7) is 10.7. The summed E-state index contributed by atoms with van der Waals surface area (Å²) in [5.41, 5.74) is 6.61. The molecule has 3 aromatic rings. The van der Waals surface area contributed by atoms with Crippen LogP contribution in [0.3, 0.4) is 0 Å². The molecule has 6 rings (SSSR count). The summed E-state index contributed by atoms with van der Waals surface area (Å²) >= 11 is 0. The number of quaternary nitrogens is 1. The lowest BCUT2D eigenvalue weighted by atomic mass is 10.0. The molecule has 0 N–H and O–H groups in total. The number of ether oxygens (including phenoxy) is 5. The van der Waals surface area contributed by atoms with E-state index in [1.54, 1.807) is 14.2 Å². The van der Waals surface area contributed by atoms with Gasteiger partial charge < -0.3 is 23.7 Å². The Bertz CT molecular complexity index is 1350. The molecule has 1 unspecified atom stereocenters. The molecular formula is C34H49N4O5+. The highest BCUT2D eigenvalue weighted by Gasteiger charge is 2.44. The molecule has 43 heavy (non-hydrogen) atoms. The molecular weight excluding hydrogens is 544 g/mol. The van der Waals surface area contributed by atoms with Gasteiger partial charge in [0.25, 0.3) is 0 Å². The van der Waals surface area contributed by atoms with E-state index in [-0.39, 0.29) is 0 Å². The molecule has 1 aromatic carbocycles. The second-order valence-electron chi connectivity index (χ2n) is 12.5. The molecule has 2 aliphatic heterocycles. The summed E-state index contributed by atoms with van der Waals surface area (Å²) < 4.78 is 32.4. The first-order valence-electron chi connectivity index (χ1n) is 16.1. The van der Waals surface area contributed by atoms with Crippen LogP contribution in [0.25, 0.3) is 16.8 Å². The minimum atomic E-state index is 0.496. The van der Waals surface area contributed by atoms with Crippen LogP contribution < -0.4 is 14.0 Å². The van der Waals surface area contributed by atoms with E-state index in [9.17, 15) is 0 Å². The van der Waals surface area contributed by atoms with E-state index in [1.165, 1.54) is 29.7 Å². The summed E-state index contributed by atoms with van der Waals surface area (Å²) in [5, 5.41) is 5.29. The Balaban J connectivity index is 1.34. The summed E-state index contributed by atoms with van der Waals surface area (Å²) in [4.78, 5) is 2.38. The van der Waals surface area contributed by atoms with Gasteiger partial charge in [-0.15, -0.1) is 0 Å². The van der Waals surface area contributed by atoms with Gasteiger partial charge in [0.2, 0.25) is 0 Å². The van der Waals surface area contributed by atoms with E-state index < -0.39 is 0 Å². The van der Waals surface area contributed by atoms with Crippen molar-refractivity contribution in [3.63, 3.8) is 0 Å². The first-order chi connectivity index (χ1) is 21.1. The highest BCUT2D eigenvalue weighted by atomic mass is 16.5. The zero-order valence-corrected chi connectivity index (χ0v) is 26.5. The van der Waals surface area contributed by atoms with Crippen molar-refractivity contribution in [1.29, 1.82) is 0 Å². The molecule has 2 aromatic heterocycles. The number of pyridine rings is 1. The SMILES string of the molecule is CCc1nn2c(-c3c(OC)cc(COCCN4CCOCC4)cc3OC)cccc2c1[N+](C)(CC1CC1)C1CCOCC1. The Morgan fingerprint density at radius 1 is 0.953 bits per heavy atom. The number of aryl methyl sites for hydroxylation is 1. The molecule has 1 aliphatic carbocycles. The lowest BCUT2D eigenvalue weighted by Gasteiger charge is -2.43. The molecule has 3 fully saturated rings. The van der Waals surface area contributed by atoms with Crippen molar-refractivity contribution < 1.29 is 23.7 Å². The van der Waals surface area contributed by atoms with Gasteiger partial charge in [-0.2, -0.15) is 5.10 Å². The van der Waals surface area contributed by atoms with Crippen LogP contribution in [0.4, 0.5) is 5.69 Å². The van der Waals surface area contributed by atoms with Crippen molar-refractivity contribution in [1.82, 2.24) is 19.0 Å². The van der Waals surface area contributed by atoms with Crippen LogP contribution in [0.1, 0.15) is 43.9 Å². The van der Waals surface area contributed by atoms with E-state index in [0.717, 1.165) is 111 Å². The van der Waals surface area contributed by atoms with E-state index >= 15 is 0 Å². The molecule has 3 aliphatic rings. The number of benzene rings is 1. The Morgan fingerprint density at radius 3 is 2.30 bits per heavy atom. The summed E-state index contributed by atoms with van der Waals surface area (Å²) in [6.07, 6.45) is 5.72. The van der Waals surface area contributed by atoms with Crippen LogP contribution in [-0.4, -0.2) is 101 Å². The summed E-state index contributed by atoms with van der Waals surface area (Å²) in [6, 6.07) is 11.2. The van der Waals surface area contributed by atoms with E-state index in [0.29, 0.717) is 19.3 Å². The maximum Gasteiger partial charge on any atom is 0.182 e. The molecule has 1 atom stereocenters. The molecule has 0 amide bonds. The van der Waals surface area contributed by atoms with Crippen LogP contribution in [0, 0.1) is 5.92 Å². The van der Waals surface area contributed by atoms with Gasteiger partial charge >= 0.3 is 0 Å². The van der Waals surface area contributed by atoms with Crippen LogP contribution in [0.5, 0.6) is 11.5 Å². The fraction of sp³-hybridized carbons (Fsp3) is 0.618. The molecule has 2 saturated heterocycles. The Hall–Kier alpha value is -2.69. The van der Waals surface area contributed by atoms with Gasteiger partial charge in [0, 0.05) is 38.4 Å². The number of fused-ring (bicyclic) bond motifs is 1. The lowest BCUT2D eigenvalue weighted by Crippen LogP contribution is -2.57. The molecule has 9 nitrogen and oxygen atoms in total.